The summed E-state index contributed by atoms with van der Waals surface area (Å²) in [4.78, 5) is 23.2. The molecule has 7 heteroatoms. The fourth-order valence-corrected chi connectivity index (χ4v) is 1.95. The number of primary amides is 1. The first-order valence-electron chi connectivity index (χ1n) is 6.77. The largest absolute Gasteiger partial charge is 0.483 e. The fourth-order valence-electron chi connectivity index (χ4n) is 1.95. The highest BCUT2D eigenvalue weighted by Crippen LogP contribution is 2.19. The van der Waals surface area contributed by atoms with Gasteiger partial charge in [-0.3, -0.25) is 14.3 Å². The minimum Gasteiger partial charge on any atom is -0.483 e. The number of nitrogens with two attached hydrogens (primary N) is 1. The van der Waals surface area contributed by atoms with Crippen molar-refractivity contribution in [2.24, 2.45) is 12.8 Å². The Balaban J connectivity index is 2.10. The van der Waals surface area contributed by atoms with E-state index in [-0.39, 0.29) is 18.6 Å². The molecule has 116 valence electrons. The predicted molar refractivity (Wildman–Crippen MR) is 80.2 cm³/mol. The summed E-state index contributed by atoms with van der Waals surface area (Å²) in [5, 5.41) is 6.94. The van der Waals surface area contributed by atoms with Crippen molar-refractivity contribution in [1.82, 2.24) is 15.1 Å². The van der Waals surface area contributed by atoms with Crippen molar-refractivity contribution in [3.05, 3.63) is 47.8 Å². The lowest BCUT2D eigenvalue weighted by atomic mass is 10.1. The maximum absolute atomic E-state index is 12.4. The van der Waals surface area contributed by atoms with Crippen LogP contribution in [-0.4, -0.2) is 28.2 Å². The number of carbonyl (C=O) groups is 2. The maximum atomic E-state index is 12.4. The number of hydrogen-bond acceptors (Lipinski definition) is 4. The van der Waals surface area contributed by atoms with Gasteiger partial charge in [0.05, 0.1) is 17.8 Å². The summed E-state index contributed by atoms with van der Waals surface area (Å²) in [6.45, 7) is 1.59. The molecule has 0 radical (unpaired) electrons. The van der Waals surface area contributed by atoms with Crippen molar-refractivity contribution >= 4 is 11.8 Å². The number of rotatable bonds is 6. The Morgan fingerprint density at radius 1 is 1.41 bits per heavy atom. The first-order valence-corrected chi connectivity index (χ1v) is 6.77. The number of aromatic nitrogens is 2. The Bertz CT molecular complexity index is 681. The summed E-state index contributed by atoms with van der Waals surface area (Å²) in [5.74, 6) is -0.576. The van der Waals surface area contributed by atoms with Gasteiger partial charge in [0.2, 0.25) is 0 Å². The zero-order chi connectivity index (χ0) is 16.1. The van der Waals surface area contributed by atoms with Crippen molar-refractivity contribution in [1.29, 1.82) is 0 Å². The third kappa shape index (κ3) is 3.85. The molecule has 0 saturated heterocycles. The highest BCUT2D eigenvalue weighted by Gasteiger charge is 2.16. The lowest BCUT2D eigenvalue weighted by Crippen LogP contribution is -2.27. The van der Waals surface area contributed by atoms with Crippen LogP contribution in [0.25, 0.3) is 0 Å². The molecule has 3 N–H and O–H groups in total. The molecule has 2 rings (SSSR count). The fraction of sp³-hybridized carbons (Fsp3) is 0.267. The van der Waals surface area contributed by atoms with Gasteiger partial charge in [0, 0.05) is 18.8 Å². The second kappa shape index (κ2) is 6.75. The zero-order valence-electron chi connectivity index (χ0n) is 12.4. The van der Waals surface area contributed by atoms with Crippen LogP contribution in [-0.2, 0) is 11.8 Å². The number of benzene rings is 1. The van der Waals surface area contributed by atoms with Gasteiger partial charge in [-0.1, -0.05) is 12.1 Å². The van der Waals surface area contributed by atoms with Crippen LogP contribution < -0.4 is 15.8 Å². The zero-order valence-corrected chi connectivity index (χ0v) is 12.4. The summed E-state index contributed by atoms with van der Waals surface area (Å²) >= 11 is 0. The molecule has 1 unspecified atom stereocenters. The molecule has 2 amide bonds. The Kier molecular flexibility index (Phi) is 4.77. The second-order valence-corrected chi connectivity index (χ2v) is 4.89. The number of nitrogens with one attached hydrogen (secondary N) is 1. The van der Waals surface area contributed by atoms with Gasteiger partial charge in [0.25, 0.3) is 11.8 Å². The summed E-state index contributed by atoms with van der Waals surface area (Å²) < 4.78 is 6.93. The number of ether oxygens (including phenoxy) is 1. The Morgan fingerprint density at radius 2 is 2.14 bits per heavy atom. The van der Waals surface area contributed by atoms with Crippen molar-refractivity contribution in [3.8, 4) is 5.75 Å². The normalized spacial score (nSPS) is 11.7. The molecule has 1 heterocycles. The molecule has 2 aromatic rings. The molecule has 22 heavy (non-hydrogen) atoms. The standard InChI is InChI=1S/C15H18N4O3/c1-10(11-7-17-19(2)8-11)18-15(21)12-5-3-4-6-13(12)22-9-14(16)20/h3-8,10H,9H2,1-2H3,(H2,16,20)(H,18,21). The van der Waals surface area contributed by atoms with Gasteiger partial charge in [0.15, 0.2) is 6.61 Å². The van der Waals surface area contributed by atoms with Gasteiger partial charge in [-0.2, -0.15) is 5.10 Å². The number of aryl methyl sites for hydroxylation is 1. The first-order chi connectivity index (χ1) is 10.5. The minimum absolute atomic E-state index is 0.203. The van der Waals surface area contributed by atoms with E-state index in [0.29, 0.717) is 11.3 Å². The van der Waals surface area contributed by atoms with E-state index in [1.807, 2.05) is 20.2 Å². The third-order valence-electron chi connectivity index (χ3n) is 3.07. The van der Waals surface area contributed by atoms with Gasteiger partial charge >= 0.3 is 0 Å². The van der Waals surface area contributed by atoms with Crippen molar-refractivity contribution in [3.63, 3.8) is 0 Å². The number of nitrogens with zero attached hydrogens (tertiary/aromatic N) is 2. The molecule has 1 atom stereocenters. The molecular formula is C15H18N4O3. The summed E-state index contributed by atoms with van der Waals surface area (Å²) in [7, 11) is 1.81. The third-order valence-corrected chi connectivity index (χ3v) is 3.07. The van der Waals surface area contributed by atoms with E-state index >= 15 is 0 Å². The molecule has 0 bridgehead atoms. The summed E-state index contributed by atoms with van der Waals surface area (Å²) in [6, 6.07) is 6.48. The molecule has 0 aliphatic rings. The molecule has 0 aliphatic heterocycles. The van der Waals surface area contributed by atoms with Gasteiger partial charge in [-0.15, -0.1) is 0 Å². The van der Waals surface area contributed by atoms with Crippen molar-refractivity contribution in [2.75, 3.05) is 6.61 Å². The monoisotopic (exact) mass is 302 g/mol. The van der Waals surface area contributed by atoms with Gasteiger partial charge in [0.1, 0.15) is 5.75 Å². The average molecular weight is 302 g/mol. The van der Waals surface area contributed by atoms with Gasteiger partial charge in [-0.05, 0) is 19.1 Å². The molecule has 0 saturated carbocycles. The van der Waals surface area contributed by atoms with Crippen LogP contribution in [0.1, 0.15) is 28.9 Å². The van der Waals surface area contributed by atoms with Crippen molar-refractivity contribution in [2.45, 2.75) is 13.0 Å². The van der Waals surface area contributed by atoms with E-state index in [1.54, 1.807) is 35.1 Å². The topological polar surface area (TPSA) is 99.2 Å². The van der Waals surface area contributed by atoms with Crippen LogP contribution in [0.3, 0.4) is 0 Å². The van der Waals surface area contributed by atoms with E-state index in [1.165, 1.54) is 0 Å². The van der Waals surface area contributed by atoms with Crippen LogP contribution in [0.2, 0.25) is 0 Å². The quantitative estimate of drug-likeness (QED) is 0.823. The summed E-state index contributed by atoms with van der Waals surface area (Å²) in [6.07, 6.45) is 3.53. The molecular weight excluding hydrogens is 284 g/mol. The van der Waals surface area contributed by atoms with Crippen molar-refractivity contribution < 1.29 is 14.3 Å². The lowest BCUT2D eigenvalue weighted by Gasteiger charge is -2.14. The van der Waals surface area contributed by atoms with E-state index in [2.05, 4.69) is 10.4 Å². The van der Waals surface area contributed by atoms with E-state index in [0.717, 1.165) is 5.56 Å². The van der Waals surface area contributed by atoms with Crippen LogP contribution >= 0.6 is 0 Å². The van der Waals surface area contributed by atoms with Crippen LogP contribution in [0.15, 0.2) is 36.7 Å². The number of carbonyl (C=O) groups excluding carboxylic acids is 2. The molecule has 7 nitrogen and oxygen atoms in total. The highest BCUT2D eigenvalue weighted by molar-refractivity contribution is 5.97. The van der Waals surface area contributed by atoms with Gasteiger partial charge < -0.3 is 15.8 Å². The first kappa shape index (κ1) is 15.6. The molecule has 0 aliphatic carbocycles. The van der Waals surface area contributed by atoms with E-state index in [4.69, 9.17) is 10.5 Å². The molecule has 1 aromatic heterocycles. The smallest absolute Gasteiger partial charge is 0.255 e. The maximum Gasteiger partial charge on any atom is 0.255 e. The lowest BCUT2D eigenvalue weighted by molar-refractivity contribution is -0.119. The Labute approximate surface area is 128 Å². The highest BCUT2D eigenvalue weighted by atomic mass is 16.5. The SMILES string of the molecule is CC(NC(=O)c1ccccc1OCC(N)=O)c1cnn(C)c1. The molecule has 0 fully saturated rings. The van der Waals surface area contributed by atoms with Crippen LogP contribution in [0, 0.1) is 0 Å². The molecule has 1 aromatic carbocycles. The van der Waals surface area contributed by atoms with Crippen LogP contribution in [0.4, 0.5) is 0 Å². The average Bonchev–Trinajstić information content (AvgIpc) is 2.92. The minimum atomic E-state index is -0.598. The number of para-hydroxylation sites is 1. The number of amides is 2. The second-order valence-electron chi connectivity index (χ2n) is 4.89. The van der Waals surface area contributed by atoms with E-state index < -0.39 is 5.91 Å². The Morgan fingerprint density at radius 3 is 2.77 bits per heavy atom. The Hall–Kier alpha value is -2.83. The molecule has 0 spiro atoms. The number of hydrogen-bond donors (Lipinski definition) is 2. The van der Waals surface area contributed by atoms with Gasteiger partial charge in [-0.25, -0.2) is 0 Å². The van der Waals surface area contributed by atoms with E-state index in [9.17, 15) is 9.59 Å². The predicted octanol–water partition coefficient (Wildman–Crippen LogP) is 0.775. The van der Waals surface area contributed by atoms with Crippen LogP contribution in [0.5, 0.6) is 5.75 Å². The summed E-state index contributed by atoms with van der Waals surface area (Å²) in [5.41, 5.74) is 6.29.